The number of nitrogens with zero attached hydrogens (tertiary/aromatic N) is 4. The average Bonchev–Trinajstić information content (AvgIpc) is 2.89. The molecule has 0 bridgehead atoms. The molecule has 2 fully saturated rings. The summed E-state index contributed by atoms with van der Waals surface area (Å²) in [6.07, 6.45) is 0.905. The highest BCUT2D eigenvalue weighted by atomic mass is 19.1. The van der Waals surface area contributed by atoms with Crippen molar-refractivity contribution >= 4 is 11.7 Å². The highest BCUT2D eigenvalue weighted by molar-refractivity contribution is 5.84. The van der Waals surface area contributed by atoms with Gasteiger partial charge in [0.2, 0.25) is 11.9 Å². The Morgan fingerprint density at radius 2 is 2.04 bits per heavy atom. The van der Waals surface area contributed by atoms with E-state index in [0.717, 1.165) is 32.6 Å². The zero-order valence-electron chi connectivity index (χ0n) is 14.1. The minimum Gasteiger partial charge on any atom is -0.351 e. The quantitative estimate of drug-likeness (QED) is 0.796. The third kappa shape index (κ3) is 3.17. The first-order valence-corrected chi connectivity index (χ1v) is 8.41. The Labute approximate surface area is 137 Å². The van der Waals surface area contributed by atoms with E-state index in [9.17, 15) is 9.18 Å². The van der Waals surface area contributed by atoms with Gasteiger partial charge in [-0.3, -0.25) is 9.69 Å². The highest BCUT2D eigenvalue weighted by Gasteiger charge is 2.39. The number of likely N-dealkylation sites (tertiary alicyclic amines) is 1. The van der Waals surface area contributed by atoms with Crippen LogP contribution in [0.5, 0.6) is 0 Å². The number of carbonyl (C=O) groups excluding carboxylic acids is 1. The number of hydrogen-bond donors (Lipinski definition) is 0. The Balaban J connectivity index is 1.66. The lowest BCUT2D eigenvalue weighted by molar-refractivity contribution is -0.133. The number of carbonyl (C=O) groups is 1. The third-order valence-corrected chi connectivity index (χ3v) is 4.93. The molecule has 3 heterocycles. The first-order valence-electron chi connectivity index (χ1n) is 8.41. The van der Waals surface area contributed by atoms with Crippen LogP contribution in [0.4, 0.5) is 10.2 Å². The van der Waals surface area contributed by atoms with Crippen molar-refractivity contribution in [3.05, 3.63) is 24.1 Å². The smallest absolute Gasteiger partial charge is 0.240 e. The molecule has 2 saturated heterocycles. The Morgan fingerprint density at radius 1 is 1.26 bits per heavy atom. The van der Waals surface area contributed by atoms with Crippen LogP contribution >= 0.6 is 0 Å². The van der Waals surface area contributed by atoms with Crippen LogP contribution < -0.4 is 4.90 Å². The van der Waals surface area contributed by atoms with Crippen molar-refractivity contribution < 1.29 is 9.18 Å². The molecule has 2 unspecified atom stereocenters. The number of hydrogen-bond acceptors (Lipinski definition) is 4. The molecular weight excluding hydrogens is 295 g/mol. The van der Waals surface area contributed by atoms with Crippen LogP contribution in [0, 0.1) is 5.95 Å². The van der Waals surface area contributed by atoms with Gasteiger partial charge >= 0.3 is 0 Å². The van der Waals surface area contributed by atoms with Crippen LogP contribution in [-0.2, 0) is 4.79 Å². The zero-order valence-corrected chi connectivity index (χ0v) is 14.1. The molecule has 2 aliphatic heterocycles. The molecule has 2 aliphatic rings. The molecule has 23 heavy (non-hydrogen) atoms. The van der Waals surface area contributed by atoms with Gasteiger partial charge in [0.25, 0.3) is 0 Å². The molecule has 0 aromatic carbocycles. The van der Waals surface area contributed by atoms with Gasteiger partial charge in [0.15, 0.2) is 0 Å². The maximum absolute atomic E-state index is 13.3. The number of aromatic nitrogens is 1. The van der Waals surface area contributed by atoms with E-state index >= 15 is 0 Å². The van der Waals surface area contributed by atoms with Gasteiger partial charge in [0.1, 0.15) is 5.82 Å². The standard InChI is InChI=1S/C17H25FN4O/c1-12(2)21-8-7-14(17(21)23)20-9-10-22(13(3)11-20)16-6-4-5-15(18)19-16/h4-6,12-14H,7-11H2,1-3H3. The van der Waals surface area contributed by atoms with Crippen molar-refractivity contribution in [2.45, 2.75) is 45.3 Å². The van der Waals surface area contributed by atoms with Crippen LogP contribution in [0.1, 0.15) is 27.2 Å². The van der Waals surface area contributed by atoms with Crippen molar-refractivity contribution in [3.63, 3.8) is 0 Å². The third-order valence-electron chi connectivity index (χ3n) is 4.93. The summed E-state index contributed by atoms with van der Waals surface area (Å²) in [4.78, 5) is 22.9. The predicted molar refractivity (Wildman–Crippen MR) is 87.8 cm³/mol. The van der Waals surface area contributed by atoms with E-state index in [1.165, 1.54) is 6.07 Å². The lowest BCUT2D eigenvalue weighted by Gasteiger charge is -2.42. The number of piperazine rings is 1. The minimum absolute atomic E-state index is 0.00229. The first kappa shape index (κ1) is 16.2. The summed E-state index contributed by atoms with van der Waals surface area (Å²) in [6.45, 7) is 9.47. The molecule has 3 rings (SSSR count). The Kier molecular flexibility index (Phi) is 4.53. The van der Waals surface area contributed by atoms with Gasteiger partial charge in [-0.25, -0.2) is 4.98 Å². The van der Waals surface area contributed by atoms with Crippen molar-refractivity contribution in [3.8, 4) is 0 Å². The van der Waals surface area contributed by atoms with E-state index in [1.54, 1.807) is 6.07 Å². The summed E-state index contributed by atoms with van der Waals surface area (Å²) in [5.41, 5.74) is 0. The number of amides is 1. The SMILES string of the molecule is CC(C)N1CCC(N2CCN(c3cccc(F)n3)C(C)C2)C1=O. The van der Waals surface area contributed by atoms with E-state index < -0.39 is 5.95 Å². The minimum atomic E-state index is -0.448. The molecule has 0 spiro atoms. The second kappa shape index (κ2) is 6.43. The van der Waals surface area contributed by atoms with E-state index in [4.69, 9.17) is 0 Å². The number of halogens is 1. The summed E-state index contributed by atoms with van der Waals surface area (Å²) in [6, 6.07) is 5.38. The lowest BCUT2D eigenvalue weighted by Crippen LogP contribution is -2.57. The van der Waals surface area contributed by atoms with E-state index in [-0.39, 0.29) is 24.0 Å². The van der Waals surface area contributed by atoms with Crippen molar-refractivity contribution in [1.82, 2.24) is 14.8 Å². The van der Waals surface area contributed by atoms with Crippen LogP contribution in [0.2, 0.25) is 0 Å². The van der Waals surface area contributed by atoms with Gasteiger partial charge in [-0.2, -0.15) is 4.39 Å². The fourth-order valence-corrected chi connectivity index (χ4v) is 3.70. The fraction of sp³-hybridized carbons (Fsp3) is 0.647. The Morgan fingerprint density at radius 3 is 2.65 bits per heavy atom. The van der Waals surface area contributed by atoms with Crippen LogP contribution in [0.15, 0.2) is 18.2 Å². The predicted octanol–water partition coefficient (Wildman–Crippen LogP) is 1.74. The van der Waals surface area contributed by atoms with Gasteiger partial charge in [-0.1, -0.05) is 6.07 Å². The maximum Gasteiger partial charge on any atom is 0.240 e. The fourth-order valence-electron chi connectivity index (χ4n) is 3.70. The first-order chi connectivity index (χ1) is 11.0. The second-order valence-electron chi connectivity index (χ2n) is 6.79. The summed E-state index contributed by atoms with van der Waals surface area (Å²) >= 11 is 0. The molecule has 126 valence electrons. The maximum atomic E-state index is 13.3. The van der Waals surface area contributed by atoms with Gasteiger partial charge in [0, 0.05) is 38.3 Å². The molecule has 5 nitrogen and oxygen atoms in total. The van der Waals surface area contributed by atoms with Crippen molar-refractivity contribution in [1.29, 1.82) is 0 Å². The Hall–Kier alpha value is -1.69. The summed E-state index contributed by atoms with van der Waals surface area (Å²) in [7, 11) is 0. The average molecular weight is 320 g/mol. The summed E-state index contributed by atoms with van der Waals surface area (Å²) in [5.74, 6) is 0.485. The van der Waals surface area contributed by atoms with Crippen LogP contribution in [0.25, 0.3) is 0 Å². The molecule has 2 atom stereocenters. The molecule has 0 aliphatic carbocycles. The largest absolute Gasteiger partial charge is 0.351 e. The van der Waals surface area contributed by atoms with Crippen LogP contribution in [-0.4, -0.2) is 65.0 Å². The zero-order chi connectivity index (χ0) is 16.6. The van der Waals surface area contributed by atoms with E-state index in [0.29, 0.717) is 5.82 Å². The number of pyridine rings is 1. The molecule has 0 radical (unpaired) electrons. The van der Waals surface area contributed by atoms with E-state index in [2.05, 4.69) is 35.6 Å². The monoisotopic (exact) mass is 320 g/mol. The van der Waals surface area contributed by atoms with E-state index in [1.807, 2.05) is 11.0 Å². The van der Waals surface area contributed by atoms with Gasteiger partial charge in [-0.15, -0.1) is 0 Å². The highest BCUT2D eigenvalue weighted by Crippen LogP contribution is 2.24. The second-order valence-corrected chi connectivity index (χ2v) is 6.79. The van der Waals surface area contributed by atoms with Crippen molar-refractivity contribution in [2.75, 3.05) is 31.1 Å². The van der Waals surface area contributed by atoms with Gasteiger partial charge in [0.05, 0.1) is 6.04 Å². The molecule has 0 N–H and O–H groups in total. The number of anilines is 1. The van der Waals surface area contributed by atoms with Gasteiger partial charge < -0.3 is 9.80 Å². The molecule has 0 saturated carbocycles. The lowest BCUT2D eigenvalue weighted by atomic mass is 10.1. The molecule has 1 amide bonds. The summed E-state index contributed by atoms with van der Waals surface area (Å²) < 4.78 is 13.3. The number of rotatable bonds is 3. The van der Waals surface area contributed by atoms with Gasteiger partial charge in [-0.05, 0) is 39.3 Å². The normalized spacial score (nSPS) is 26.4. The van der Waals surface area contributed by atoms with Crippen LogP contribution in [0.3, 0.4) is 0 Å². The summed E-state index contributed by atoms with van der Waals surface area (Å²) in [5, 5.41) is 0. The topological polar surface area (TPSA) is 39.7 Å². The molecule has 1 aromatic heterocycles. The molecule has 6 heteroatoms. The Bertz CT molecular complexity index is 579. The molecular formula is C17H25FN4O. The molecule has 1 aromatic rings. The van der Waals surface area contributed by atoms with Crippen molar-refractivity contribution in [2.24, 2.45) is 0 Å².